The van der Waals surface area contributed by atoms with Gasteiger partial charge in [0.1, 0.15) is 5.75 Å². The lowest BCUT2D eigenvalue weighted by atomic mass is 10.0. The Morgan fingerprint density at radius 3 is 2.25 bits per heavy atom. The Labute approximate surface area is 150 Å². The molecule has 0 heterocycles. The Hall–Kier alpha value is -2.03. The molecule has 0 amide bonds. The van der Waals surface area contributed by atoms with Crippen molar-refractivity contribution >= 4 is 23.2 Å². The molecule has 1 atom stereocenters. The number of fused-ring (bicyclic) bond motifs is 1. The third-order valence-electron chi connectivity index (χ3n) is 4.21. The van der Waals surface area contributed by atoms with Crippen LogP contribution < -0.4 is 4.74 Å². The maximum absolute atomic E-state index is 6.09. The molecule has 0 aromatic heterocycles. The summed E-state index contributed by atoms with van der Waals surface area (Å²) in [5.41, 5.74) is 1.33. The summed E-state index contributed by atoms with van der Waals surface area (Å²) in [5.74, 6) is 0.966. The molecule has 0 bridgehead atoms. The van der Waals surface area contributed by atoms with E-state index in [9.17, 15) is 0 Å². The van der Waals surface area contributed by atoms with Gasteiger partial charge in [0.2, 0.25) is 0 Å². The molecule has 0 saturated heterocycles. The summed E-state index contributed by atoms with van der Waals surface area (Å²) in [5, 5.41) is 2.40. The fourth-order valence-corrected chi connectivity index (χ4v) is 3.00. The SMILES string of the molecule is CN(C)[C@H](CCOc1cccc2ccccc12)c1ccccc1.Cl. The van der Waals surface area contributed by atoms with Crippen LogP contribution in [-0.4, -0.2) is 25.6 Å². The molecule has 0 saturated carbocycles. The van der Waals surface area contributed by atoms with Crippen LogP contribution in [0.15, 0.2) is 72.8 Å². The fourth-order valence-electron chi connectivity index (χ4n) is 3.00. The lowest BCUT2D eigenvalue weighted by Gasteiger charge is -2.25. The summed E-state index contributed by atoms with van der Waals surface area (Å²) in [4.78, 5) is 2.25. The zero-order valence-electron chi connectivity index (χ0n) is 14.2. The first-order chi connectivity index (χ1) is 11.3. The van der Waals surface area contributed by atoms with Crippen molar-refractivity contribution in [1.82, 2.24) is 4.90 Å². The molecule has 3 aromatic carbocycles. The van der Waals surface area contributed by atoms with Crippen molar-refractivity contribution < 1.29 is 4.74 Å². The van der Waals surface area contributed by atoms with Crippen molar-refractivity contribution in [2.45, 2.75) is 12.5 Å². The van der Waals surface area contributed by atoms with Crippen molar-refractivity contribution in [3.63, 3.8) is 0 Å². The van der Waals surface area contributed by atoms with Crippen LogP contribution in [0.3, 0.4) is 0 Å². The molecular weight excluding hydrogens is 318 g/mol. The second kappa shape index (κ2) is 8.72. The van der Waals surface area contributed by atoms with Crippen LogP contribution in [0.5, 0.6) is 5.75 Å². The first kappa shape index (κ1) is 18.3. The zero-order chi connectivity index (χ0) is 16.1. The Balaban J connectivity index is 0.00000208. The van der Waals surface area contributed by atoms with Crippen molar-refractivity contribution in [3.8, 4) is 5.75 Å². The Morgan fingerprint density at radius 1 is 0.833 bits per heavy atom. The van der Waals surface area contributed by atoms with Crippen molar-refractivity contribution in [2.75, 3.05) is 20.7 Å². The molecule has 3 heteroatoms. The Morgan fingerprint density at radius 2 is 1.50 bits per heavy atom. The highest BCUT2D eigenvalue weighted by Gasteiger charge is 2.14. The van der Waals surface area contributed by atoms with Crippen molar-refractivity contribution in [3.05, 3.63) is 78.4 Å². The average Bonchev–Trinajstić information content (AvgIpc) is 2.59. The summed E-state index contributed by atoms with van der Waals surface area (Å²) < 4.78 is 6.09. The minimum absolute atomic E-state index is 0. The lowest BCUT2D eigenvalue weighted by Crippen LogP contribution is -2.22. The van der Waals surface area contributed by atoms with Gasteiger partial charge >= 0.3 is 0 Å². The van der Waals surface area contributed by atoms with Crippen LogP contribution in [0.1, 0.15) is 18.0 Å². The molecule has 0 spiro atoms. The maximum Gasteiger partial charge on any atom is 0.127 e. The summed E-state index contributed by atoms with van der Waals surface area (Å²) in [6.45, 7) is 0.700. The van der Waals surface area contributed by atoms with E-state index in [1.165, 1.54) is 16.3 Å². The van der Waals surface area contributed by atoms with Gasteiger partial charge in [-0.15, -0.1) is 12.4 Å². The smallest absolute Gasteiger partial charge is 0.127 e. The summed E-state index contributed by atoms with van der Waals surface area (Å²) in [6.07, 6.45) is 0.959. The largest absolute Gasteiger partial charge is 0.493 e. The molecule has 3 aromatic rings. The van der Waals surface area contributed by atoms with Gasteiger partial charge in [-0.1, -0.05) is 66.7 Å². The highest BCUT2D eigenvalue weighted by molar-refractivity contribution is 5.88. The standard InChI is InChI=1S/C21H23NO.ClH/c1-22(2)20(18-10-4-3-5-11-18)15-16-23-21-14-8-12-17-9-6-7-13-19(17)21;/h3-14,20H,15-16H2,1-2H3;1H/t20-;/m1./s1. The van der Waals surface area contributed by atoms with Crippen LogP contribution in [0.4, 0.5) is 0 Å². The number of benzene rings is 3. The Bertz CT molecular complexity index is 753. The van der Waals surface area contributed by atoms with E-state index in [2.05, 4.69) is 91.8 Å². The quantitative estimate of drug-likeness (QED) is 0.600. The van der Waals surface area contributed by atoms with E-state index in [4.69, 9.17) is 4.74 Å². The van der Waals surface area contributed by atoms with Gasteiger partial charge in [-0.25, -0.2) is 0 Å². The first-order valence-corrected chi connectivity index (χ1v) is 8.07. The number of hydrogen-bond acceptors (Lipinski definition) is 2. The van der Waals surface area contributed by atoms with Gasteiger partial charge in [-0.2, -0.15) is 0 Å². The highest BCUT2D eigenvalue weighted by Crippen LogP contribution is 2.27. The van der Waals surface area contributed by atoms with Crippen molar-refractivity contribution in [1.29, 1.82) is 0 Å². The van der Waals surface area contributed by atoms with Gasteiger partial charge in [0, 0.05) is 17.8 Å². The molecule has 0 fully saturated rings. The average molecular weight is 342 g/mol. The Kier molecular flexibility index (Phi) is 6.65. The predicted molar refractivity (Wildman–Crippen MR) is 104 cm³/mol. The third kappa shape index (κ3) is 4.28. The van der Waals surface area contributed by atoms with Gasteiger partial charge < -0.3 is 9.64 Å². The van der Waals surface area contributed by atoms with Gasteiger partial charge in [-0.05, 0) is 31.1 Å². The fraction of sp³-hybridized carbons (Fsp3) is 0.238. The van der Waals surface area contributed by atoms with Gasteiger partial charge in [0.15, 0.2) is 0 Å². The van der Waals surface area contributed by atoms with Gasteiger partial charge in [0.25, 0.3) is 0 Å². The third-order valence-corrected chi connectivity index (χ3v) is 4.21. The molecule has 0 radical (unpaired) electrons. The minimum atomic E-state index is 0. The summed E-state index contributed by atoms with van der Waals surface area (Å²) in [7, 11) is 4.24. The number of hydrogen-bond donors (Lipinski definition) is 0. The van der Waals surface area contributed by atoms with E-state index in [1.807, 2.05) is 0 Å². The molecule has 2 nitrogen and oxygen atoms in total. The van der Waals surface area contributed by atoms with E-state index in [1.54, 1.807) is 0 Å². The molecule has 0 aliphatic heterocycles. The van der Waals surface area contributed by atoms with E-state index in [-0.39, 0.29) is 12.4 Å². The number of ether oxygens (including phenoxy) is 1. The molecular formula is C21H24ClNO. The number of rotatable bonds is 6. The monoisotopic (exact) mass is 341 g/mol. The molecule has 126 valence electrons. The van der Waals surface area contributed by atoms with Crippen LogP contribution in [0, 0.1) is 0 Å². The normalized spacial score (nSPS) is 12.0. The van der Waals surface area contributed by atoms with E-state index in [0.29, 0.717) is 12.6 Å². The minimum Gasteiger partial charge on any atom is -0.493 e. The van der Waals surface area contributed by atoms with Gasteiger partial charge in [-0.3, -0.25) is 0 Å². The summed E-state index contributed by atoms with van der Waals surface area (Å²) >= 11 is 0. The van der Waals surface area contributed by atoms with Crippen LogP contribution >= 0.6 is 12.4 Å². The highest BCUT2D eigenvalue weighted by atomic mass is 35.5. The second-order valence-corrected chi connectivity index (χ2v) is 6.00. The molecule has 24 heavy (non-hydrogen) atoms. The van der Waals surface area contributed by atoms with Gasteiger partial charge in [0.05, 0.1) is 6.61 Å². The molecule has 0 unspecified atom stereocenters. The molecule has 0 aliphatic carbocycles. The molecule has 3 rings (SSSR count). The van der Waals surface area contributed by atoms with E-state index in [0.717, 1.165) is 12.2 Å². The topological polar surface area (TPSA) is 12.5 Å². The lowest BCUT2D eigenvalue weighted by molar-refractivity contribution is 0.225. The van der Waals surface area contributed by atoms with Crippen LogP contribution in [-0.2, 0) is 0 Å². The van der Waals surface area contributed by atoms with E-state index >= 15 is 0 Å². The molecule has 0 aliphatic rings. The number of halogens is 1. The van der Waals surface area contributed by atoms with Crippen LogP contribution in [0.25, 0.3) is 10.8 Å². The maximum atomic E-state index is 6.09. The van der Waals surface area contributed by atoms with E-state index < -0.39 is 0 Å². The van der Waals surface area contributed by atoms with Crippen LogP contribution in [0.2, 0.25) is 0 Å². The summed E-state index contributed by atoms with van der Waals surface area (Å²) in [6, 6.07) is 25.6. The molecule has 0 N–H and O–H groups in total. The number of nitrogens with zero attached hydrogens (tertiary/aromatic N) is 1. The van der Waals surface area contributed by atoms with Crippen molar-refractivity contribution in [2.24, 2.45) is 0 Å². The zero-order valence-corrected chi connectivity index (χ0v) is 15.0. The second-order valence-electron chi connectivity index (χ2n) is 6.00. The predicted octanol–water partition coefficient (Wildman–Crippen LogP) is 5.33. The first-order valence-electron chi connectivity index (χ1n) is 8.07.